The van der Waals surface area contributed by atoms with E-state index in [1.165, 1.54) is 15.9 Å². The van der Waals surface area contributed by atoms with Gasteiger partial charge in [-0.2, -0.15) is 0 Å². The molecule has 0 radical (unpaired) electrons. The Morgan fingerprint density at radius 2 is 2.09 bits per heavy atom. The van der Waals surface area contributed by atoms with Crippen molar-refractivity contribution in [1.29, 1.82) is 0 Å². The molecule has 2 saturated heterocycles. The fraction of sp³-hybridized carbons (Fsp3) is 0.500. The molecule has 2 aliphatic rings. The highest BCUT2D eigenvalue weighted by Crippen LogP contribution is 2.26. The van der Waals surface area contributed by atoms with Gasteiger partial charge in [-0.3, -0.25) is 9.59 Å². The molecule has 0 saturated carbocycles. The second kappa shape index (κ2) is 7.27. The first-order chi connectivity index (χ1) is 10.6. The van der Waals surface area contributed by atoms with Gasteiger partial charge in [0.25, 0.3) is 0 Å². The number of carbonyl (C=O) groups is 2. The van der Waals surface area contributed by atoms with Crippen LogP contribution in [0.2, 0.25) is 0 Å². The Hall–Kier alpha value is -1.66. The lowest BCUT2D eigenvalue weighted by atomic mass is 10.1. The van der Waals surface area contributed by atoms with Gasteiger partial charge in [0.05, 0.1) is 11.7 Å². The fourth-order valence-electron chi connectivity index (χ4n) is 3.23. The van der Waals surface area contributed by atoms with E-state index < -0.39 is 11.9 Å². The molecule has 0 aromatic heterocycles. The van der Waals surface area contributed by atoms with Crippen molar-refractivity contribution in [1.82, 2.24) is 10.2 Å². The van der Waals surface area contributed by atoms with Crippen molar-refractivity contribution < 1.29 is 14.0 Å². The Morgan fingerprint density at radius 3 is 2.74 bits per heavy atom. The minimum absolute atomic E-state index is 0. The molecule has 2 atom stereocenters. The lowest BCUT2D eigenvalue weighted by molar-refractivity contribution is -0.138. The van der Waals surface area contributed by atoms with Crippen molar-refractivity contribution in [2.24, 2.45) is 0 Å². The third-order valence-electron chi connectivity index (χ3n) is 4.49. The number of amides is 2. The summed E-state index contributed by atoms with van der Waals surface area (Å²) >= 11 is 0. The number of carbonyl (C=O) groups excluding carboxylic acids is 2. The number of hydrogen-bond acceptors (Lipinski definition) is 3. The summed E-state index contributed by atoms with van der Waals surface area (Å²) < 4.78 is 13.9. The summed E-state index contributed by atoms with van der Waals surface area (Å²) in [7, 11) is 1.66. The van der Waals surface area contributed by atoms with Gasteiger partial charge in [0.2, 0.25) is 11.8 Å². The van der Waals surface area contributed by atoms with E-state index in [2.05, 4.69) is 5.32 Å². The Bertz CT molecular complexity index is 592. The molecule has 2 aliphatic heterocycles. The number of para-hydroxylation sites is 1. The first-order valence-corrected chi connectivity index (χ1v) is 7.65. The molecule has 7 heteroatoms. The number of halogens is 2. The Morgan fingerprint density at radius 1 is 1.35 bits per heavy atom. The van der Waals surface area contributed by atoms with Crippen LogP contribution in [-0.2, 0) is 9.59 Å². The first-order valence-electron chi connectivity index (χ1n) is 7.65. The number of nitrogens with zero attached hydrogens (tertiary/aromatic N) is 2. The zero-order chi connectivity index (χ0) is 15.7. The molecule has 1 aromatic rings. The summed E-state index contributed by atoms with van der Waals surface area (Å²) in [5, 5.41) is 3.15. The van der Waals surface area contributed by atoms with Gasteiger partial charge in [-0.15, -0.1) is 12.4 Å². The summed E-state index contributed by atoms with van der Waals surface area (Å²) in [6, 6.07) is 5.53. The van der Waals surface area contributed by atoms with Gasteiger partial charge < -0.3 is 15.1 Å². The van der Waals surface area contributed by atoms with Crippen LogP contribution in [0.25, 0.3) is 0 Å². The van der Waals surface area contributed by atoms with Gasteiger partial charge in [-0.25, -0.2) is 4.39 Å². The van der Waals surface area contributed by atoms with Crippen LogP contribution < -0.4 is 10.2 Å². The molecule has 0 bridgehead atoms. The zero-order valence-electron chi connectivity index (χ0n) is 13.0. The maximum Gasteiger partial charge on any atom is 0.249 e. The average Bonchev–Trinajstić information content (AvgIpc) is 3.16. The molecule has 126 valence electrons. The van der Waals surface area contributed by atoms with Gasteiger partial charge in [-0.05, 0) is 37.9 Å². The van der Waals surface area contributed by atoms with E-state index in [-0.39, 0.29) is 36.0 Å². The Balaban J connectivity index is 0.00000192. The van der Waals surface area contributed by atoms with E-state index in [4.69, 9.17) is 0 Å². The standard InChI is InChI=1S/C16H20FN3O2.ClH/c1-19(15(21)12-6-4-9-18-12)14-8-10-20(16(14)22)13-7-3-2-5-11(13)17;/h2-3,5,7,12,14,18H,4,6,8-10H2,1H3;1H. The summed E-state index contributed by atoms with van der Waals surface area (Å²) in [5.41, 5.74) is 0.287. The molecule has 2 heterocycles. The molecule has 1 N–H and O–H groups in total. The van der Waals surface area contributed by atoms with Gasteiger partial charge in [0.1, 0.15) is 11.9 Å². The summed E-state index contributed by atoms with van der Waals surface area (Å²) in [6.45, 7) is 1.27. The monoisotopic (exact) mass is 341 g/mol. The minimum atomic E-state index is -0.505. The lowest BCUT2D eigenvalue weighted by Crippen LogP contribution is -2.49. The van der Waals surface area contributed by atoms with Gasteiger partial charge in [0, 0.05) is 13.6 Å². The van der Waals surface area contributed by atoms with Gasteiger partial charge >= 0.3 is 0 Å². The maximum atomic E-state index is 13.9. The quantitative estimate of drug-likeness (QED) is 0.908. The van der Waals surface area contributed by atoms with Crippen molar-refractivity contribution >= 4 is 29.9 Å². The lowest BCUT2D eigenvalue weighted by Gasteiger charge is -2.26. The second-order valence-corrected chi connectivity index (χ2v) is 5.84. The third kappa shape index (κ3) is 3.33. The highest BCUT2D eigenvalue weighted by Gasteiger charge is 2.39. The summed E-state index contributed by atoms with van der Waals surface area (Å²) in [4.78, 5) is 27.9. The summed E-state index contributed by atoms with van der Waals surface area (Å²) in [6.07, 6.45) is 2.31. The molecule has 1 aromatic carbocycles. The van der Waals surface area contributed by atoms with Crippen molar-refractivity contribution in [2.45, 2.75) is 31.3 Å². The molecular formula is C16H21ClFN3O2. The van der Waals surface area contributed by atoms with Crippen molar-refractivity contribution in [2.75, 3.05) is 25.0 Å². The number of nitrogens with one attached hydrogen (secondary N) is 1. The predicted octanol–water partition coefficient (Wildman–Crippen LogP) is 1.56. The number of benzene rings is 1. The molecule has 2 fully saturated rings. The van der Waals surface area contributed by atoms with Crippen molar-refractivity contribution in [3.63, 3.8) is 0 Å². The van der Waals surface area contributed by atoms with Crippen LogP contribution in [0.15, 0.2) is 24.3 Å². The highest BCUT2D eigenvalue weighted by atomic mass is 35.5. The smallest absolute Gasteiger partial charge is 0.249 e. The molecule has 2 amide bonds. The molecule has 3 rings (SSSR count). The molecular weight excluding hydrogens is 321 g/mol. The normalized spacial score (nSPS) is 23.7. The van der Waals surface area contributed by atoms with Crippen LogP contribution in [0.3, 0.4) is 0 Å². The predicted molar refractivity (Wildman–Crippen MR) is 88.2 cm³/mol. The van der Waals surface area contributed by atoms with E-state index >= 15 is 0 Å². The maximum absolute atomic E-state index is 13.9. The van der Waals surface area contributed by atoms with Gasteiger partial charge in [0.15, 0.2) is 0 Å². The minimum Gasteiger partial charge on any atom is -0.332 e. The largest absolute Gasteiger partial charge is 0.332 e. The van der Waals surface area contributed by atoms with Crippen LogP contribution in [0.1, 0.15) is 19.3 Å². The second-order valence-electron chi connectivity index (χ2n) is 5.84. The van der Waals surface area contributed by atoms with E-state index in [9.17, 15) is 14.0 Å². The van der Waals surface area contributed by atoms with E-state index in [1.807, 2.05) is 0 Å². The van der Waals surface area contributed by atoms with E-state index in [0.717, 1.165) is 19.4 Å². The average molecular weight is 342 g/mol. The molecule has 0 aliphatic carbocycles. The van der Waals surface area contributed by atoms with E-state index in [1.54, 1.807) is 25.2 Å². The fourth-order valence-corrected chi connectivity index (χ4v) is 3.23. The van der Waals surface area contributed by atoms with Gasteiger partial charge in [-0.1, -0.05) is 12.1 Å². The molecule has 2 unspecified atom stereocenters. The topological polar surface area (TPSA) is 52.7 Å². The van der Waals surface area contributed by atoms with Crippen LogP contribution in [0, 0.1) is 5.82 Å². The SMILES string of the molecule is CN(C(=O)C1CCCN1)C1CCN(c2ccccc2F)C1=O.Cl. The summed E-state index contributed by atoms with van der Waals surface area (Å²) in [5.74, 6) is -0.673. The van der Waals surface area contributed by atoms with Crippen LogP contribution >= 0.6 is 12.4 Å². The molecule has 23 heavy (non-hydrogen) atoms. The number of rotatable bonds is 3. The third-order valence-corrected chi connectivity index (χ3v) is 4.49. The molecule has 5 nitrogen and oxygen atoms in total. The van der Waals surface area contributed by atoms with Crippen LogP contribution in [0.5, 0.6) is 0 Å². The van der Waals surface area contributed by atoms with Crippen molar-refractivity contribution in [3.8, 4) is 0 Å². The molecule has 0 spiro atoms. The van der Waals surface area contributed by atoms with Crippen LogP contribution in [0.4, 0.5) is 10.1 Å². The highest BCUT2D eigenvalue weighted by molar-refractivity contribution is 6.01. The first kappa shape index (κ1) is 17.7. The number of anilines is 1. The van der Waals surface area contributed by atoms with E-state index in [0.29, 0.717) is 13.0 Å². The Kier molecular flexibility index (Phi) is 5.59. The Labute approximate surface area is 141 Å². The number of likely N-dealkylation sites (N-methyl/N-ethyl adjacent to an activating group) is 1. The van der Waals surface area contributed by atoms with Crippen molar-refractivity contribution in [3.05, 3.63) is 30.1 Å². The number of hydrogen-bond donors (Lipinski definition) is 1. The van der Waals surface area contributed by atoms with Crippen LogP contribution in [-0.4, -0.2) is 48.9 Å². The zero-order valence-corrected chi connectivity index (χ0v) is 13.8.